The summed E-state index contributed by atoms with van der Waals surface area (Å²) in [6.45, 7) is 1.32. The molecule has 0 spiro atoms. The van der Waals surface area contributed by atoms with E-state index in [0.29, 0.717) is 10.4 Å². The van der Waals surface area contributed by atoms with Crippen LogP contribution in [0.4, 0.5) is 0 Å². The first-order valence-corrected chi connectivity index (χ1v) is 8.58. The first-order valence-electron chi connectivity index (χ1n) is 6.22. The van der Waals surface area contributed by atoms with Crippen molar-refractivity contribution in [3.05, 3.63) is 52.2 Å². The van der Waals surface area contributed by atoms with Crippen molar-refractivity contribution in [1.29, 1.82) is 0 Å². The van der Waals surface area contributed by atoms with Crippen molar-refractivity contribution >= 4 is 27.1 Å². The molecule has 7 heteroatoms. The van der Waals surface area contributed by atoms with Gasteiger partial charge in [0, 0.05) is 17.0 Å². The standard InChI is InChI=1S/C14H15NO4S2/c1-10(16)11-4-6-12(7-5-11)21(18,19)15-9-13(17)14-3-2-8-20-14/h2-8,13,15,17H,9H2,1H3/t13-/m1/s1. The molecule has 0 fully saturated rings. The van der Waals surface area contributed by atoms with Crippen LogP contribution in [-0.4, -0.2) is 25.9 Å². The maximum absolute atomic E-state index is 12.1. The maximum atomic E-state index is 12.1. The Morgan fingerprint density at radius 2 is 1.95 bits per heavy atom. The molecule has 0 saturated heterocycles. The van der Waals surface area contributed by atoms with Gasteiger partial charge in [0.15, 0.2) is 5.78 Å². The van der Waals surface area contributed by atoms with E-state index in [9.17, 15) is 18.3 Å². The SMILES string of the molecule is CC(=O)c1ccc(S(=O)(=O)NC[C@@H](O)c2cccs2)cc1. The molecule has 0 amide bonds. The van der Waals surface area contributed by atoms with Gasteiger partial charge in [-0.2, -0.15) is 0 Å². The minimum atomic E-state index is -3.71. The molecule has 0 aliphatic rings. The third kappa shape index (κ3) is 3.98. The molecule has 0 aliphatic heterocycles. The summed E-state index contributed by atoms with van der Waals surface area (Å²) in [6, 6.07) is 9.20. The van der Waals surface area contributed by atoms with Gasteiger partial charge in [-0.05, 0) is 30.5 Å². The number of carbonyl (C=O) groups excluding carboxylic acids is 1. The predicted octanol–water partition coefficient (Wildman–Crippen LogP) is 1.96. The van der Waals surface area contributed by atoms with Crippen LogP contribution in [0.15, 0.2) is 46.7 Å². The Hall–Kier alpha value is -1.54. The lowest BCUT2D eigenvalue weighted by atomic mass is 10.2. The first-order chi connectivity index (χ1) is 9.90. The summed E-state index contributed by atoms with van der Waals surface area (Å²) >= 11 is 1.36. The summed E-state index contributed by atoms with van der Waals surface area (Å²) in [4.78, 5) is 11.9. The molecule has 0 bridgehead atoms. The number of benzene rings is 1. The number of aliphatic hydroxyl groups is 1. The van der Waals surface area contributed by atoms with Crippen LogP contribution >= 0.6 is 11.3 Å². The average molecular weight is 325 g/mol. The van der Waals surface area contributed by atoms with E-state index >= 15 is 0 Å². The maximum Gasteiger partial charge on any atom is 0.240 e. The van der Waals surface area contributed by atoms with Crippen LogP contribution in [0.1, 0.15) is 28.3 Å². The molecule has 112 valence electrons. The first kappa shape index (κ1) is 15.8. The summed E-state index contributed by atoms with van der Waals surface area (Å²) in [5.74, 6) is -0.125. The van der Waals surface area contributed by atoms with E-state index in [2.05, 4.69) is 4.72 Å². The Labute approximate surface area is 127 Å². The van der Waals surface area contributed by atoms with Crippen LogP contribution in [0.3, 0.4) is 0 Å². The minimum absolute atomic E-state index is 0.0610. The number of carbonyl (C=O) groups is 1. The van der Waals surface area contributed by atoms with Gasteiger partial charge in [0.2, 0.25) is 10.0 Å². The fraction of sp³-hybridized carbons (Fsp3) is 0.214. The Balaban J connectivity index is 2.06. The number of sulfonamides is 1. The van der Waals surface area contributed by atoms with Crippen molar-refractivity contribution in [2.24, 2.45) is 0 Å². The summed E-state index contributed by atoms with van der Waals surface area (Å²) in [7, 11) is -3.71. The minimum Gasteiger partial charge on any atom is -0.386 e. The van der Waals surface area contributed by atoms with Crippen molar-refractivity contribution < 1.29 is 18.3 Å². The Kier molecular flexibility index (Phi) is 4.89. The van der Waals surface area contributed by atoms with Gasteiger partial charge in [0.05, 0.1) is 4.90 Å². The number of thiophene rings is 1. The van der Waals surface area contributed by atoms with Crippen LogP contribution in [0.2, 0.25) is 0 Å². The van der Waals surface area contributed by atoms with E-state index in [1.54, 1.807) is 12.1 Å². The molecule has 5 nitrogen and oxygen atoms in total. The number of aliphatic hydroxyl groups excluding tert-OH is 1. The smallest absolute Gasteiger partial charge is 0.240 e. The van der Waals surface area contributed by atoms with Crippen molar-refractivity contribution in [2.75, 3.05) is 6.54 Å². The van der Waals surface area contributed by atoms with Gasteiger partial charge in [-0.25, -0.2) is 13.1 Å². The van der Waals surface area contributed by atoms with Crippen LogP contribution < -0.4 is 4.72 Å². The highest BCUT2D eigenvalue weighted by Crippen LogP contribution is 2.19. The summed E-state index contributed by atoms with van der Waals surface area (Å²) in [5, 5.41) is 11.7. The lowest BCUT2D eigenvalue weighted by Gasteiger charge is -2.11. The van der Waals surface area contributed by atoms with E-state index < -0.39 is 16.1 Å². The molecule has 1 aromatic heterocycles. The topological polar surface area (TPSA) is 83.5 Å². The normalized spacial score (nSPS) is 13.0. The van der Waals surface area contributed by atoms with Gasteiger partial charge >= 0.3 is 0 Å². The van der Waals surface area contributed by atoms with Gasteiger partial charge in [0.1, 0.15) is 6.10 Å². The molecule has 1 aromatic carbocycles. The zero-order chi connectivity index (χ0) is 15.5. The highest BCUT2D eigenvalue weighted by Gasteiger charge is 2.17. The fourth-order valence-electron chi connectivity index (χ4n) is 1.72. The molecule has 2 aromatic rings. The van der Waals surface area contributed by atoms with Crippen LogP contribution in [0.5, 0.6) is 0 Å². The molecule has 2 rings (SSSR count). The lowest BCUT2D eigenvalue weighted by molar-refractivity contribution is 0.101. The number of nitrogens with one attached hydrogen (secondary N) is 1. The summed E-state index contributed by atoms with van der Waals surface area (Å²) in [6.07, 6.45) is -0.878. The molecule has 2 N–H and O–H groups in total. The van der Waals surface area contributed by atoms with Crippen LogP contribution in [-0.2, 0) is 10.0 Å². The number of rotatable bonds is 6. The van der Waals surface area contributed by atoms with Crippen molar-refractivity contribution in [3.8, 4) is 0 Å². The van der Waals surface area contributed by atoms with Crippen LogP contribution in [0.25, 0.3) is 0 Å². The van der Waals surface area contributed by atoms with Gasteiger partial charge in [-0.3, -0.25) is 4.79 Å². The van der Waals surface area contributed by atoms with Gasteiger partial charge in [-0.15, -0.1) is 11.3 Å². The van der Waals surface area contributed by atoms with E-state index in [4.69, 9.17) is 0 Å². The zero-order valence-corrected chi connectivity index (χ0v) is 12.9. The predicted molar refractivity (Wildman–Crippen MR) is 80.9 cm³/mol. The zero-order valence-electron chi connectivity index (χ0n) is 11.3. The summed E-state index contributed by atoms with van der Waals surface area (Å²) < 4.78 is 26.5. The highest BCUT2D eigenvalue weighted by molar-refractivity contribution is 7.89. The molecular formula is C14H15NO4S2. The monoisotopic (exact) mass is 325 g/mol. The van der Waals surface area contributed by atoms with Crippen molar-refractivity contribution in [3.63, 3.8) is 0 Å². The van der Waals surface area contributed by atoms with E-state index in [-0.39, 0.29) is 17.2 Å². The Bertz CT molecular complexity index is 706. The molecule has 21 heavy (non-hydrogen) atoms. The second-order valence-electron chi connectivity index (χ2n) is 4.46. The molecule has 0 saturated carbocycles. The largest absolute Gasteiger partial charge is 0.386 e. The second kappa shape index (κ2) is 6.48. The fourth-order valence-corrected chi connectivity index (χ4v) is 3.47. The lowest BCUT2D eigenvalue weighted by Crippen LogP contribution is -2.28. The second-order valence-corrected chi connectivity index (χ2v) is 7.21. The molecule has 1 heterocycles. The molecule has 0 aliphatic carbocycles. The number of hydrogen-bond acceptors (Lipinski definition) is 5. The molecule has 1 atom stereocenters. The van der Waals surface area contributed by atoms with E-state index in [0.717, 1.165) is 0 Å². The van der Waals surface area contributed by atoms with E-state index in [1.165, 1.54) is 42.5 Å². The molecular weight excluding hydrogens is 310 g/mol. The third-order valence-corrected chi connectivity index (χ3v) is 5.32. The number of ketones is 1. The number of Topliss-reactive ketones (excluding diaryl/α,β-unsaturated/α-hetero) is 1. The molecule has 0 radical (unpaired) electrons. The molecule has 0 unspecified atom stereocenters. The Morgan fingerprint density at radius 1 is 1.29 bits per heavy atom. The van der Waals surface area contributed by atoms with Gasteiger partial charge in [0.25, 0.3) is 0 Å². The van der Waals surface area contributed by atoms with Crippen molar-refractivity contribution in [1.82, 2.24) is 4.72 Å². The highest BCUT2D eigenvalue weighted by atomic mass is 32.2. The number of hydrogen-bond donors (Lipinski definition) is 2. The summed E-state index contributed by atoms with van der Waals surface area (Å²) in [5.41, 5.74) is 0.451. The van der Waals surface area contributed by atoms with Crippen molar-refractivity contribution in [2.45, 2.75) is 17.9 Å². The van der Waals surface area contributed by atoms with Gasteiger partial charge in [-0.1, -0.05) is 18.2 Å². The third-order valence-electron chi connectivity index (χ3n) is 2.91. The average Bonchev–Trinajstić information content (AvgIpc) is 2.99. The van der Waals surface area contributed by atoms with Crippen LogP contribution in [0, 0.1) is 0 Å². The van der Waals surface area contributed by atoms with E-state index in [1.807, 2.05) is 5.38 Å². The quantitative estimate of drug-likeness (QED) is 0.795. The Morgan fingerprint density at radius 3 is 2.48 bits per heavy atom. The van der Waals surface area contributed by atoms with Gasteiger partial charge < -0.3 is 5.11 Å².